The first-order valence-corrected chi connectivity index (χ1v) is 10.1. The number of benzene rings is 2. The molecule has 0 aliphatic carbocycles. The SMILES string of the molecule is Cc1ccc(C[C@H](NC(=O)C(C)(C)C)c2nc(-c3ccccc3)cs2)cc1. The van der Waals surface area contributed by atoms with Gasteiger partial charge in [-0.05, 0) is 18.9 Å². The fraction of sp³-hybridized carbons (Fsp3) is 0.304. The molecule has 0 aliphatic rings. The number of carbonyl (C=O) groups is 1. The van der Waals surface area contributed by atoms with Crippen LogP contribution >= 0.6 is 11.3 Å². The molecule has 27 heavy (non-hydrogen) atoms. The van der Waals surface area contributed by atoms with E-state index in [2.05, 4.69) is 54.0 Å². The number of hydrogen-bond donors (Lipinski definition) is 1. The van der Waals surface area contributed by atoms with Gasteiger partial charge in [0, 0.05) is 16.4 Å². The Morgan fingerprint density at radius 2 is 1.74 bits per heavy atom. The van der Waals surface area contributed by atoms with Crippen molar-refractivity contribution in [2.24, 2.45) is 5.41 Å². The lowest BCUT2D eigenvalue weighted by atomic mass is 9.94. The Bertz CT molecular complexity index is 892. The molecule has 0 radical (unpaired) electrons. The molecule has 0 bridgehead atoms. The Hall–Kier alpha value is -2.46. The van der Waals surface area contributed by atoms with Gasteiger partial charge in [-0.25, -0.2) is 4.98 Å². The first kappa shape index (κ1) is 19.3. The van der Waals surface area contributed by atoms with E-state index in [4.69, 9.17) is 4.98 Å². The summed E-state index contributed by atoms with van der Waals surface area (Å²) in [5.41, 5.74) is 4.03. The molecule has 140 valence electrons. The zero-order valence-electron chi connectivity index (χ0n) is 16.3. The van der Waals surface area contributed by atoms with E-state index >= 15 is 0 Å². The Kier molecular flexibility index (Phi) is 5.76. The third-order valence-corrected chi connectivity index (χ3v) is 5.39. The minimum absolute atomic E-state index is 0.0380. The normalized spacial score (nSPS) is 12.6. The Labute approximate surface area is 165 Å². The van der Waals surface area contributed by atoms with Crippen molar-refractivity contribution in [3.05, 3.63) is 76.1 Å². The van der Waals surface area contributed by atoms with E-state index in [-0.39, 0.29) is 11.9 Å². The van der Waals surface area contributed by atoms with Crippen LogP contribution in [0.25, 0.3) is 11.3 Å². The highest BCUT2D eigenvalue weighted by molar-refractivity contribution is 7.10. The molecule has 3 nitrogen and oxygen atoms in total. The van der Waals surface area contributed by atoms with Crippen LogP contribution in [0.3, 0.4) is 0 Å². The lowest BCUT2D eigenvalue weighted by Gasteiger charge is -2.23. The van der Waals surface area contributed by atoms with E-state index in [1.165, 1.54) is 11.1 Å². The summed E-state index contributed by atoms with van der Waals surface area (Å²) >= 11 is 1.60. The smallest absolute Gasteiger partial charge is 0.225 e. The van der Waals surface area contributed by atoms with Gasteiger partial charge in [0.15, 0.2) is 0 Å². The fourth-order valence-corrected chi connectivity index (χ4v) is 3.60. The molecule has 1 heterocycles. The third kappa shape index (κ3) is 5.04. The highest BCUT2D eigenvalue weighted by Gasteiger charge is 2.26. The summed E-state index contributed by atoms with van der Waals surface area (Å²) in [5, 5.41) is 6.21. The van der Waals surface area contributed by atoms with Crippen molar-refractivity contribution in [1.82, 2.24) is 10.3 Å². The lowest BCUT2D eigenvalue weighted by Crippen LogP contribution is -2.38. The van der Waals surface area contributed by atoms with Crippen molar-refractivity contribution in [1.29, 1.82) is 0 Å². The Morgan fingerprint density at radius 3 is 2.37 bits per heavy atom. The standard InChI is InChI=1S/C23H26N2OS/c1-16-10-12-17(13-11-16)14-19(25-22(26)23(2,3)4)21-24-20(15-27-21)18-8-6-5-7-9-18/h5-13,15,19H,14H2,1-4H3,(H,25,26)/t19-/m0/s1. The maximum absolute atomic E-state index is 12.6. The second-order valence-electron chi connectivity index (χ2n) is 7.90. The number of rotatable bonds is 5. The number of thiazole rings is 1. The van der Waals surface area contributed by atoms with E-state index in [1.807, 2.05) is 39.0 Å². The van der Waals surface area contributed by atoms with Crippen LogP contribution in [0.4, 0.5) is 0 Å². The minimum atomic E-state index is -0.439. The van der Waals surface area contributed by atoms with Crippen molar-refractivity contribution >= 4 is 17.2 Å². The lowest BCUT2D eigenvalue weighted by molar-refractivity contribution is -0.129. The van der Waals surface area contributed by atoms with Crippen molar-refractivity contribution in [2.75, 3.05) is 0 Å². The maximum atomic E-state index is 12.6. The number of amides is 1. The van der Waals surface area contributed by atoms with Crippen LogP contribution in [-0.2, 0) is 11.2 Å². The molecule has 0 saturated heterocycles. The summed E-state index contributed by atoms with van der Waals surface area (Å²) in [6.07, 6.45) is 0.726. The van der Waals surface area contributed by atoms with Gasteiger partial charge in [-0.1, -0.05) is 80.9 Å². The van der Waals surface area contributed by atoms with Gasteiger partial charge >= 0.3 is 0 Å². The van der Waals surface area contributed by atoms with Gasteiger partial charge in [-0.2, -0.15) is 0 Å². The first-order chi connectivity index (χ1) is 12.8. The van der Waals surface area contributed by atoms with Crippen molar-refractivity contribution in [3.8, 4) is 11.3 Å². The first-order valence-electron chi connectivity index (χ1n) is 9.20. The van der Waals surface area contributed by atoms with E-state index in [9.17, 15) is 4.79 Å². The highest BCUT2D eigenvalue weighted by Crippen LogP contribution is 2.28. The number of nitrogens with zero attached hydrogens (tertiary/aromatic N) is 1. The molecule has 0 aliphatic heterocycles. The maximum Gasteiger partial charge on any atom is 0.225 e. The minimum Gasteiger partial charge on any atom is -0.346 e. The van der Waals surface area contributed by atoms with Crippen LogP contribution in [0.2, 0.25) is 0 Å². The fourth-order valence-electron chi connectivity index (χ4n) is 2.72. The van der Waals surface area contributed by atoms with E-state index < -0.39 is 5.41 Å². The highest BCUT2D eigenvalue weighted by atomic mass is 32.1. The molecular weight excluding hydrogens is 352 g/mol. The largest absolute Gasteiger partial charge is 0.346 e. The zero-order valence-corrected chi connectivity index (χ0v) is 17.1. The summed E-state index contributed by atoms with van der Waals surface area (Å²) in [6.45, 7) is 7.88. The zero-order chi connectivity index (χ0) is 19.4. The molecule has 0 unspecified atom stereocenters. The summed E-state index contributed by atoms with van der Waals surface area (Å²) in [5.74, 6) is 0.0380. The third-order valence-electron chi connectivity index (χ3n) is 4.44. The van der Waals surface area contributed by atoms with Gasteiger partial charge < -0.3 is 5.32 Å². The molecule has 1 N–H and O–H groups in total. The number of carbonyl (C=O) groups excluding carboxylic acids is 1. The Morgan fingerprint density at radius 1 is 1.07 bits per heavy atom. The second-order valence-corrected chi connectivity index (χ2v) is 8.79. The van der Waals surface area contributed by atoms with Gasteiger partial charge in [0.25, 0.3) is 0 Å². The van der Waals surface area contributed by atoms with E-state index in [0.29, 0.717) is 0 Å². The Balaban J connectivity index is 1.88. The molecule has 0 saturated carbocycles. The molecule has 1 aromatic heterocycles. The summed E-state index contributed by atoms with van der Waals surface area (Å²) in [4.78, 5) is 17.5. The van der Waals surface area contributed by atoms with E-state index in [1.54, 1.807) is 11.3 Å². The molecule has 1 atom stereocenters. The summed E-state index contributed by atoms with van der Waals surface area (Å²) in [6, 6.07) is 18.5. The van der Waals surface area contributed by atoms with Gasteiger partial charge in [0.05, 0.1) is 11.7 Å². The molecule has 3 rings (SSSR count). The monoisotopic (exact) mass is 378 g/mol. The number of nitrogens with one attached hydrogen (secondary N) is 1. The van der Waals surface area contributed by atoms with Crippen LogP contribution in [0.1, 0.15) is 42.9 Å². The van der Waals surface area contributed by atoms with Crippen LogP contribution < -0.4 is 5.32 Å². The second kappa shape index (κ2) is 8.05. The van der Waals surface area contributed by atoms with Crippen molar-refractivity contribution in [3.63, 3.8) is 0 Å². The quantitative estimate of drug-likeness (QED) is 0.631. The molecule has 4 heteroatoms. The molecule has 1 amide bonds. The molecule has 0 fully saturated rings. The van der Waals surface area contributed by atoms with E-state index in [0.717, 1.165) is 22.7 Å². The predicted octanol–water partition coefficient (Wildman–Crippen LogP) is 5.56. The number of aryl methyl sites for hydroxylation is 1. The average Bonchev–Trinajstić information content (AvgIpc) is 3.13. The molecule has 3 aromatic rings. The molecule has 2 aromatic carbocycles. The number of hydrogen-bond acceptors (Lipinski definition) is 3. The van der Waals surface area contributed by atoms with Crippen LogP contribution in [0.5, 0.6) is 0 Å². The topological polar surface area (TPSA) is 42.0 Å². The number of aromatic nitrogens is 1. The van der Waals surface area contributed by atoms with Crippen LogP contribution in [0.15, 0.2) is 60.0 Å². The molecular formula is C23H26N2OS. The predicted molar refractivity (Wildman–Crippen MR) is 113 cm³/mol. The van der Waals surface area contributed by atoms with Crippen molar-refractivity contribution in [2.45, 2.75) is 40.2 Å². The van der Waals surface area contributed by atoms with Crippen molar-refractivity contribution < 1.29 is 4.79 Å². The van der Waals surface area contributed by atoms with Crippen LogP contribution in [-0.4, -0.2) is 10.9 Å². The van der Waals surface area contributed by atoms with Gasteiger partial charge in [0.1, 0.15) is 5.01 Å². The van der Waals surface area contributed by atoms with Gasteiger partial charge in [-0.15, -0.1) is 11.3 Å². The molecule has 0 spiro atoms. The summed E-state index contributed by atoms with van der Waals surface area (Å²) in [7, 11) is 0. The average molecular weight is 379 g/mol. The van der Waals surface area contributed by atoms with Crippen LogP contribution in [0, 0.1) is 12.3 Å². The van der Waals surface area contributed by atoms with Gasteiger partial charge in [-0.3, -0.25) is 4.79 Å². The summed E-state index contributed by atoms with van der Waals surface area (Å²) < 4.78 is 0. The van der Waals surface area contributed by atoms with Gasteiger partial charge in [0.2, 0.25) is 5.91 Å².